The number of phenolic OH excluding ortho intramolecular Hbond substituents is 1. The van der Waals surface area contributed by atoms with Gasteiger partial charge in [0.15, 0.2) is 0 Å². The molecule has 1 atom stereocenters. The SMILES string of the molecule is CNC(Cc1ccc(O)cc1)C(=O)OC.S.S.S.S.S.S. The van der Waals surface area contributed by atoms with E-state index in [-0.39, 0.29) is 98.7 Å². The summed E-state index contributed by atoms with van der Waals surface area (Å²) in [5, 5.41) is 12.0. The van der Waals surface area contributed by atoms with Crippen LogP contribution in [-0.2, 0) is 16.0 Å². The van der Waals surface area contributed by atoms with Gasteiger partial charge in [-0.15, -0.1) is 0 Å². The first-order valence-electron chi connectivity index (χ1n) is 4.70. The Morgan fingerprint density at radius 1 is 1.10 bits per heavy atom. The molecule has 1 aromatic carbocycles. The summed E-state index contributed by atoms with van der Waals surface area (Å²) in [5.41, 5.74) is 0.970. The van der Waals surface area contributed by atoms with E-state index in [1.54, 1.807) is 31.3 Å². The summed E-state index contributed by atoms with van der Waals surface area (Å²) in [6.45, 7) is 0. The largest absolute Gasteiger partial charge is 0.508 e. The third kappa shape index (κ3) is 13.9. The second-order valence-corrected chi connectivity index (χ2v) is 3.23. The quantitative estimate of drug-likeness (QED) is 0.732. The van der Waals surface area contributed by atoms with E-state index in [9.17, 15) is 4.79 Å². The first kappa shape index (κ1) is 37.6. The van der Waals surface area contributed by atoms with Crippen molar-refractivity contribution in [2.45, 2.75) is 12.5 Å². The van der Waals surface area contributed by atoms with Gasteiger partial charge in [-0.05, 0) is 31.2 Å². The van der Waals surface area contributed by atoms with Crippen molar-refractivity contribution < 1.29 is 14.6 Å². The lowest BCUT2D eigenvalue weighted by Crippen LogP contribution is -2.36. The molecule has 0 aliphatic rings. The van der Waals surface area contributed by atoms with Gasteiger partial charge in [0.25, 0.3) is 0 Å². The Morgan fingerprint density at radius 2 is 1.52 bits per heavy atom. The lowest BCUT2D eigenvalue weighted by molar-refractivity contribution is -0.142. The highest BCUT2D eigenvalue weighted by Crippen LogP contribution is 2.11. The van der Waals surface area contributed by atoms with Gasteiger partial charge in [0.05, 0.1) is 7.11 Å². The number of benzene rings is 1. The molecule has 0 heterocycles. The second kappa shape index (κ2) is 20.6. The van der Waals surface area contributed by atoms with Gasteiger partial charge in [0.2, 0.25) is 0 Å². The number of carbonyl (C=O) groups is 1. The van der Waals surface area contributed by atoms with Crippen LogP contribution in [0.3, 0.4) is 0 Å². The van der Waals surface area contributed by atoms with Crippen LogP contribution in [0.4, 0.5) is 0 Å². The highest BCUT2D eigenvalue weighted by molar-refractivity contribution is 7.60. The maximum Gasteiger partial charge on any atom is 0.323 e. The zero-order valence-electron chi connectivity index (χ0n) is 11.9. The molecule has 0 saturated carbocycles. The average Bonchev–Trinajstić information content (AvgIpc) is 2.27. The molecular formula is C11H27NO3S6. The fraction of sp³-hybridized carbons (Fsp3) is 0.364. The van der Waals surface area contributed by atoms with E-state index >= 15 is 0 Å². The summed E-state index contributed by atoms with van der Waals surface area (Å²) in [7, 11) is 3.07. The number of rotatable bonds is 4. The highest BCUT2D eigenvalue weighted by atomic mass is 32.1. The number of hydrogen-bond acceptors (Lipinski definition) is 4. The normalized spacial score (nSPS) is 8.67. The Balaban J connectivity index is -0.0000000937. The van der Waals surface area contributed by atoms with E-state index in [1.807, 2.05) is 0 Å². The predicted molar refractivity (Wildman–Crippen MR) is 119 cm³/mol. The molecule has 2 N–H and O–H groups in total. The fourth-order valence-electron chi connectivity index (χ4n) is 1.31. The number of methoxy groups -OCH3 is 1. The van der Waals surface area contributed by atoms with Crippen molar-refractivity contribution in [2.75, 3.05) is 14.2 Å². The summed E-state index contributed by atoms with van der Waals surface area (Å²) >= 11 is 0. The zero-order valence-corrected chi connectivity index (χ0v) is 17.9. The maximum atomic E-state index is 11.3. The van der Waals surface area contributed by atoms with Crippen molar-refractivity contribution >= 4 is 86.9 Å². The Hall–Kier alpha value is 0.550. The van der Waals surface area contributed by atoms with Gasteiger partial charge < -0.3 is 15.2 Å². The zero-order chi connectivity index (χ0) is 11.3. The Kier molecular flexibility index (Phi) is 36.8. The lowest BCUT2D eigenvalue weighted by atomic mass is 10.1. The molecule has 1 rings (SSSR count). The third-order valence-electron chi connectivity index (χ3n) is 2.21. The highest BCUT2D eigenvalue weighted by Gasteiger charge is 2.16. The molecule has 0 radical (unpaired) electrons. The van der Waals surface area contributed by atoms with Gasteiger partial charge in [0, 0.05) is 0 Å². The van der Waals surface area contributed by atoms with Crippen molar-refractivity contribution in [1.29, 1.82) is 0 Å². The summed E-state index contributed by atoms with van der Waals surface area (Å²) < 4.78 is 4.65. The van der Waals surface area contributed by atoms with Crippen LogP contribution in [0, 0.1) is 0 Å². The van der Waals surface area contributed by atoms with Crippen molar-refractivity contribution in [3.63, 3.8) is 0 Å². The molecule has 21 heavy (non-hydrogen) atoms. The van der Waals surface area contributed by atoms with Gasteiger partial charge in [0.1, 0.15) is 11.8 Å². The Morgan fingerprint density at radius 3 is 1.86 bits per heavy atom. The van der Waals surface area contributed by atoms with Gasteiger partial charge in [-0.25, -0.2) is 0 Å². The van der Waals surface area contributed by atoms with Crippen LogP contribution >= 0.6 is 81.0 Å². The first-order valence-corrected chi connectivity index (χ1v) is 4.70. The number of nitrogens with one attached hydrogen (secondary N) is 1. The molecule has 0 spiro atoms. The summed E-state index contributed by atoms with van der Waals surface area (Å²) in [6, 6.07) is 6.41. The van der Waals surface area contributed by atoms with Gasteiger partial charge in [-0.3, -0.25) is 4.79 Å². The van der Waals surface area contributed by atoms with Crippen LogP contribution in [0.25, 0.3) is 0 Å². The predicted octanol–water partition coefficient (Wildman–Crippen LogP) is 1.37. The van der Waals surface area contributed by atoms with E-state index in [4.69, 9.17) is 5.11 Å². The number of likely N-dealkylation sites (N-methyl/N-ethyl adjacent to an activating group) is 1. The molecule has 0 aliphatic carbocycles. The summed E-state index contributed by atoms with van der Waals surface area (Å²) in [6.07, 6.45) is 0.545. The number of ether oxygens (including phenoxy) is 1. The number of phenols is 1. The molecule has 130 valence electrons. The minimum atomic E-state index is -0.348. The maximum absolute atomic E-state index is 11.3. The number of aromatic hydroxyl groups is 1. The lowest BCUT2D eigenvalue weighted by Gasteiger charge is -2.13. The van der Waals surface area contributed by atoms with Crippen molar-refractivity contribution in [3.05, 3.63) is 29.8 Å². The molecular weight excluding hydrogens is 387 g/mol. The molecule has 0 aromatic heterocycles. The van der Waals surface area contributed by atoms with Gasteiger partial charge >= 0.3 is 5.97 Å². The summed E-state index contributed by atoms with van der Waals surface area (Å²) in [4.78, 5) is 11.3. The standard InChI is InChI=1S/C11H15NO3.6H2S/c1-12-10(11(14)15-2)7-8-3-5-9(13)6-4-8;;;;;;/h3-6,10,12-13H,7H2,1-2H3;6*1H2. The van der Waals surface area contributed by atoms with Crippen molar-refractivity contribution in [2.24, 2.45) is 0 Å². The van der Waals surface area contributed by atoms with Crippen LogP contribution in [0.1, 0.15) is 5.56 Å². The van der Waals surface area contributed by atoms with Gasteiger partial charge in [-0.1, -0.05) is 12.1 Å². The molecule has 0 saturated heterocycles. The summed E-state index contributed by atoms with van der Waals surface area (Å²) in [5.74, 6) is -0.0663. The molecule has 0 aliphatic heterocycles. The minimum absolute atomic E-state index is 0. The molecule has 4 nitrogen and oxygen atoms in total. The van der Waals surface area contributed by atoms with Crippen LogP contribution < -0.4 is 5.32 Å². The number of hydrogen-bond donors (Lipinski definition) is 2. The molecule has 0 bridgehead atoms. The number of carbonyl (C=O) groups excluding carboxylic acids is 1. The van der Waals surface area contributed by atoms with E-state index < -0.39 is 0 Å². The van der Waals surface area contributed by atoms with E-state index in [0.717, 1.165) is 5.56 Å². The van der Waals surface area contributed by atoms with Crippen LogP contribution in [-0.4, -0.2) is 31.3 Å². The van der Waals surface area contributed by atoms with Crippen LogP contribution in [0.2, 0.25) is 0 Å². The molecule has 0 fully saturated rings. The smallest absolute Gasteiger partial charge is 0.323 e. The van der Waals surface area contributed by atoms with E-state index in [1.165, 1.54) is 7.11 Å². The van der Waals surface area contributed by atoms with Crippen LogP contribution in [0.5, 0.6) is 5.75 Å². The average molecular weight is 414 g/mol. The first-order chi connectivity index (χ1) is 7.17. The topological polar surface area (TPSA) is 58.6 Å². The van der Waals surface area contributed by atoms with Crippen LogP contribution in [0.15, 0.2) is 24.3 Å². The minimum Gasteiger partial charge on any atom is -0.508 e. The van der Waals surface area contributed by atoms with Gasteiger partial charge in [-0.2, -0.15) is 81.0 Å². The molecule has 1 aromatic rings. The number of esters is 1. The van der Waals surface area contributed by atoms with Crippen molar-refractivity contribution in [1.82, 2.24) is 5.32 Å². The second-order valence-electron chi connectivity index (χ2n) is 3.23. The van der Waals surface area contributed by atoms with Crippen molar-refractivity contribution in [3.8, 4) is 5.75 Å². The monoisotopic (exact) mass is 413 g/mol. The fourth-order valence-corrected chi connectivity index (χ4v) is 1.31. The van der Waals surface area contributed by atoms with E-state index in [0.29, 0.717) is 6.42 Å². The molecule has 1 unspecified atom stereocenters. The molecule has 0 amide bonds. The third-order valence-corrected chi connectivity index (χ3v) is 2.21. The Bertz CT molecular complexity index is 339. The molecule has 10 heteroatoms. The Labute approximate surface area is 168 Å². The van der Waals surface area contributed by atoms with E-state index in [2.05, 4.69) is 10.1 Å².